The second kappa shape index (κ2) is 8.70. The molecule has 31 heavy (non-hydrogen) atoms. The van der Waals surface area contributed by atoms with Gasteiger partial charge in [0.2, 0.25) is 0 Å². The highest BCUT2D eigenvalue weighted by molar-refractivity contribution is 6.04. The van der Waals surface area contributed by atoms with Crippen LogP contribution in [0.4, 0.5) is 0 Å². The Hall–Kier alpha value is -2.88. The topological polar surface area (TPSA) is 37.2 Å². The zero-order valence-electron chi connectivity index (χ0n) is 18.9. The molecule has 0 saturated heterocycles. The molecule has 4 aromatic rings. The standard InChI is InChI=1S/C28H32N2O/c1-20-15-16-25-24(17-20)26(21-11-7-5-8-12-21)27(22-13-9-6-10-14-22)30(25)19-23(31)18-29-28(2,3)4/h5-17,23,29,31H,18-19H2,1-4H3/t23-/m1/s1. The smallest absolute Gasteiger partial charge is 0.0843 e. The van der Waals surface area contributed by atoms with Gasteiger partial charge in [0.1, 0.15) is 0 Å². The van der Waals surface area contributed by atoms with Crippen LogP contribution in [0.3, 0.4) is 0 Å². The van der Waals surface area contributed by atoms with Gasteiger partial charge in [0.25, 0.3) is 0 Å². The third-order valence-electron chi connectivity index (χ3n) is 5.59. The molecule has 2 N–H and O–H groups in total. The van der Waals surface area contributed by atoms with Crippen LogP contribution in [-0.4, -0.2) is 27.9 Å². The first kappa shape index (κ1) is 21.4. The summed E-state index contributed by atoms with van der Waals surface area (Å²) in [6.07, 6.45) is -0.498. The zero-order valence-corrected chi connectivity index (χ0v) is 18.9. The second-order valence-corrected chi connectivity index (χ2v) is 9.37. The highest BCUT2D eigenvalue weighted by Gasteiger charge is 2.22. The van der Waals surface area contributed by atoms with Gasteiger partial charge in [-0.2, -0.15) is 0 Å². The molecule has 0 amide bonds. The molecule has 1 atom stereocenters. The summed E-state index contributed by atoms with van der Waals surface area (Å²) < 4.78 is 2.29. The number of nitrogens with zero attached hydrogens (tertiary/aromatic N) is 1. The first-order chi connectivity index (χ1) is 14.8. The number of fused-ring (bicyclic) bond motifs is 1. The Morgan fingerprint density at radius 2 is 1.48 bits per heavy atom. The molecule has 0 aliphatic heterocycles. The predicted octanol–water partition coefficient (Wildman–Crippen LogP) is 6.03. The molecule has 1 heterocycles. The van der Waals surface area contributed by atoms with E-state index in [-0.39, 0.29) is 5.54 Å². The van der Waals surface area contributed by atoms with Gasteiger partial charge in [0.15, 0.2) is 0 Å². The maximum absolute atomic E-state index is 10.9. The Morgan fingerprint density at radius 3 is 2.10 bits per heavy atom. The Kier molecular flexibility index (Phi) is 5.99. The predicted molar refractivity (Wildman–Crippen MR) is 131 cm³/mol. The number of benzene rings is 3. The third-order valence-corrected chi connectivity index (χ3v) is 5.59. The lowest BCUT2D eigenvalue weighted by atomic mass is 9.98. The van der Waals surface area contributed by atoms with E-state index in [0.29, 0.717) is 13.1 Å². The van der Waals surface area contributed by atoms with E-state index in [2.05, 4.69) is 110 Å². The van der Waals surface area contributed by atoms with Crippen molar-refractivity contribution in [2.45, 2.75) is 45.9 Å². The number of aliphatic hydroxyl groups excluding tert-OH is 1. The van der Waals surface area contributed by atoms with Crippen LogP contribution < -0.4 is 5.32 Å². The lowest BCUT2D eigenvalue weighted by Gasteiger charge is -2.24. The number of aliphatic hydroxyl groups is 1. The van der Waals surface area contributed by atoms with Gasteiger partial charge in [-0.05, 0) is 51.0 Å². The van der Waals surface area contributed by atoms with Crippen LogP contribution in [0.1, 0.15) is 26.3 Å². The van der Waals surface area contributed by atoms with Crippen molar-refractivity contribution in [1.29, 1.82) is 0 Å². The van der Waals surface area contributed by atoms with E-state index < -0.39 is 6.10 Å². The Morgan fingerprint density at radius 1 is 0.871 bits per heavy atom. The van der Waals surface area contributed by atoms with Crippen LogP contribution in [-0.2, 0) is 6.54 Å². The van der Waals surface area contributed by atoms with E-state index in [1.54, 1.807) is 0 Å². The van der Waals surface area contributed by atoms with E-state index in [4.69, 9.17) is 0 Å². The number of β-amino-alcohol motifs (C(OH)–C–C–N with tert-alkyl or cyclic N) is 1. The number of nitrogens with one attached hydrogen (secondary N) is 1. The average molecular weight is 413 g/mol. The summed E-state index contributed by atoms with van der Waals surface area (Å²) in [6.45, 7) is 9.57. The normalized spacial score (nSPS) is 12.9. The van der Waals surface area contributed by atoms with E-state index in [0.717, 1.165) is 16.8 Å². The molecule has 3 nitrogen and oxygen atoms in total. The SMILES string of the molecule is Cc1ccc2c(c1)c(-c1ccccc1)c(-c1ccccc1)n2C[C@H](O)CNC(C)(C)C. The number of hydrogen-bond donors (Lipinski definition) is 2. The van der Waals surface area contributed by atoms with Gasteiger partial charge in [-0.3, -0.25) is 0 Å². The largest absolute Gasteiger partial charge is 0.390 e. The molecule has 0 fully saturated rings. The second-order valence-electron chi connectivity index (χ2n) is 9.37. The number of aryl methyl sites for hydroxylation is 1. The summed E-state index contributed by atoms with van der Waals surface area (Å²) in [5, 5.41) is 15.6. The molecule has 3 aromatic carbocycles. The molecule has 160 valence electrons. The molecule has 1 aromatic heterocycles. The van der Waals surface area contributed by atoms with Crippen LogP contribution in [0, 0.1) is 6.92 Å². The van der Waals surface area contributed by atoms with Crippen LogP contribution in [0.2, 0.25) is 0 Å². The van der Waals surface area contributed by atoms with Gasteiger partial charge in [-0.1, -0.05) is 72.3 Å². The fourth-order valence-corrected chi connectivity index (χ4v) is 4.15. The molecule has 3 heteroatoms. The van der Waals surface area contributed by atoms with Crippen LogP contribution in [0.15, 0.2) is 78.9 Å². The molecule has 0 unspecified atom stereocenters. The average Bonchev–Trinajstić information content (AvgIpc) is 3.06. The minimum Gasteiger partial charge on any atom is -0.390 e. The summed E-state index contributed by atoms with van der Waals surface area (Å²) in [6, 6.07) is 27.7. The maximum Gasteiger partial charge on any atom is 0.0843 e. The monoisotopic (exact) mass is 412 g/mol. The van der Waals surface area contributed by atoms with Gasteiger partial charge in [-0.15, -0.1) is 0 Å². The van der Waals surface area contributed by atoms with Crippen molar-refractivity contribution in [2.24, 2.45) is 0 Å². The van der Waals surface area contributed by atoms with Gasteiger partial charge in [0, 0.05) is 28.6 Å². The van der Waals surface area contributed by atoms with Crippen LogP contribution >= 0.6 is 0 Å². The lowest BCUT2D eigenvalue weighted by Crippen LogP contribution is -2.42. The van der Waals surface area contributed by atoms with Crippen molar-refractivity contribution in [2.75, 3.05) is 6.54 Å². The summed E-state index contributed by atoms with van der Waals surface area (Å²) in [5.41, 5.74) is 7.08. The fourth-order valence-electron chi connectivity index (χ4n) is 4.15. The minimum absolute atomic E-state index is 0.0334. The Balaban J connectivity index is 1.92. The van der Waals surface area contributed by atoms with Crippen molar-refractivity contribution >= 4 is 10.9 Å². The first-order valence-electron chi connectivity index (χ1n) is 11.0. The highest BCUT2D eigenvalue weighted by atomic mass is 16.3. The van der Waals surface area contributed by atoms with E-state index in [9.17, 15) is 5.11 Å². The van der Waals surface area contributed by atoms with E-state index in [1.165, 1.54) is 22.1 Å². The maximum atomic E-state index is 10.9. The minimum atomic E-state index is -0.498. The summed E-state index contributed by atoms with van der Waals surface area (Å²) >= 11 is 0. The molecule has 0 aliphatic carbocycles. The molecule has 0 bridgehead atoms. The van der Waals surface area contributed by atoms with Crippen molar-refractivity contribution in [3.63, 3.8) is 0 Å². The van der Waals surface area contributed by atoms with Crippen molar-refractivity contribution in [3.8, 4) is 22.4 Å². The zero-order chi connectivity index (χ0) is 22.0. The van der Waals surface area contributed by atoms with Crippen LogP contribution in [0.25, 0.3) is 33.3 Å². The van der Waals surface area contributed by atoms with Gasteiger partial charge in [-0.25, -0.2) is 0 Å². The van der Waals surface area contributed by atoms with Crippen LogP contribution in [0.5, 0.6) is 0 Å². The Bertz CT molecular complexity index is 1150. The molecule has 0 aliphatic rings. The molecule has 0 radical (unpaired) electrons. The van der Waals surface area contributed by atoms with Crippen molar-refractivity contribution < 1.29 is 5.11 Å². The van der Waals surface area contributed by atoms with Gasteiger partial charge < -0.3 is 15.0 Å². The summed E-state index contributed by atoms with van der Waals surface area (Å²) in [7, 11) is 0. The molecule has 0 saturated carbocycles. The summed E-state index contributed by atoms with van der Waals surface area (Å²) in [4.78, 5) is 0. The quantitative estimate of drug-likeness (QED) is 0.405. The third kappa shape index (κ3) is 4.73. The molecule has 4 rings (SSSR count). The first-order valence-corrected chi connectivity index (χ1v) is 11.0. The Labute approximate surface area is 185 Å². The van der Waals surface area contributed by atoms with E-state index in [1.807, 2.05) is 6.07 Å². The molecular formula is C28H32N2O. The van der Waals surface area contributed by atoms with Crippen molar-refractivity contribution in [1.82, 2.24) is 9.88 Å². The van der Waals surface area contributed by atoms with E-state index >= 15 is 0 Å². The number of rotatable bonds is 6. The highest BCUT2D eigenvalue weighted by Crippen LogP contribution is 2.41. The molecular weight excluding hydrogens is 380 g/mol. The number of aromatic nitrogens is 1. The lowest BCUT2D eigenvalue weighted by molar-refractivity contribution is 0.144. The fraction of sp³-hybridized carbons (Fsp3) is 0.286. The van der Waals surface area contributed by atoms with Gasteiger partial charge >= 0.3 is 0 Å². The molecule has 0 spiro atoms. The van der Waals surface area contributed by atoms with Gasteiger partial charge in [0.05, 0.1) is 18.3 Å². The number of hydrogen-bond acceptors (Lipinski definition) is 2. The van der Waals surface area contributed by atoms with Crippen molar-refractivity contribution in [3.05, 3.63) is 84.4 Å². The summed E-state index contributed by atoms with van der Waals surface area (Å²) in [5.74, 6) is 0.